The molecule has 0 spiro atoms. The Bertz CT molecular complexity index is 1290. The highest BCUT2D eigenvalue weighted by atomic mass is 16.5. The molecule has 0 fully saturated rings. The van der Waals surface area contributed by atoms with E-state index in [9.17, 15) is 102 Å². The molecule has 0 bridgehead atoms. The van der Waals surface area contributed by atoms with Crippen molar-refractivity contribution in [3.8, 4) is 0 Å². The Kier molecular flexibility index (Phi) is 43.7. The van der Waals surface area contributed by atoms with Crippen LogP contribution in [0.25, 0.3) is 0 Å². The summed E-state index contributed by atoms with van der Waals surface area (Å²) in [4.78, 5) is 14.2. The molecule has 74 heavy (non-hydrogen) atoms. The van der Waals surface area contributed by atoms with Gasteiger partial charge in [0.25, 0.3) is 0 Å². The van der Waals surface area contributed by atoms with Gasteiger partial charge in [-0.15, -0.1) is 0 Å². The predicted octanol–water partition coefficient (Wildman–Crippen LogP) is -2.43. The lowest BCUT2D eigenvalue weighted by molar-refractivity contribution is -0.159. The van der Waals surface area contributed by atoms with E-state index in [1.807, 2.05) is 0 Å². The molecule has 22 heteroatoms. The molecule has 22 nitrogen and oxygen atoms in total. The number of rotatable bonds is 51. The topological polar surface area (TPSA) is 431 Å². The van der Waals surface area contributed by atoms with Crippen LogP contribution in [-0.4, -0.2) is 242 Å². The molecule has 0 rings (SSSR count). The van der Waals surface area contributed by atoms with Gasteiger partial charge in [-0.25, -0.2) is 0 Å². The maximum atomic E-state index is 14.2. The summed E-state index contributed by atoms with van der Waals surface area (Å²) in [7, 11) is 0. The predicted molar refractivity (Wildman–Crippen MR) is 271 cm³/mol. The number of esters is 1. The number of carbonyl (C=O) groups is 1. The summed E-state index contributed by atoms with van der Waals surface area (Å²) in [5.74, 6) is -10.4. The van der Waals surface area contributed by atoms with Crippen LogP contribution in [-0.2, 0) is 9.53 Å². The van der Waals surface area contributed by atoms with E-state index in [0.717, 1.165) is 70.6 Å². The highest BCUT2D eigenvalue weighted by Gasteiger charge is 2.48. The molecule has 444 valence electrons. The third-order valence-corrected chi connectivity index (χ3v) is 14.9. The van der Waals surface area contributed by atoms with Gasteiger partial charge in [-0.1, -0.05) is 83.5 Å². The van der Waals surface area contributed by atoms with Crippen LogP contribution in [0.15, 0.2) is 0 Å². The molecular weight excluding hydrogens is 977 g/mol. The Labute approximate surface area is 439 Å². The molecule has 18 unspecified atom stereocenters. The molecule has 0 amide bonds. The van der Waals surface area contributed by atoms with Crippen molar-refractivity contribution in [1.82, 2.24) is 0 Å². The minimum Gasteiger partial charge on any atom is -0.463 e. The van der Waals surface area contributed by atoms with E-state index in [-0.39, 0.29) is 25.9 Å². The Morgan fingerprint density at radius 2 is 0.527 bits per heavy atom. The highest BCUT2D eigenvalue weighted by Crippen LogP contribution is 2.50. The van der Waals surface area contributed by atoms with Gasteiger partial charge in [0.05, 0.1) is 127 Å². The number of hydrogen-bond donors (Lipinski definition) is 20. The van der Waals surface area contributed by atoms with Gasteiger partial charge in [0.1, 0.15) is 12.7 Å². The van der Waals surface area contributed by atoms with Crippen LogP contribution in [0.2, 0.25) is 0 Å². The first-order chi connectivity index (χ1) is 35.3. The minimum atomic E-state index is -1.64. The van der Waals surface area contributed by atoms with Gasteiger partial charge >= 0.3 is 5.97 Å². The quantitative estimate of drug-likeness (QED) is 0.0222. The van der Waals surface area contributed by atoms with Crippen LogP contribution in [0.5, 0.6) is 0 Å². The van der Waals surface area contributed by atoms with Gasteiger partial charge in [-0.05, 0) is 99.2 Å². The van der Waals surface area contributed by atoms with Crippen molar-refractivity contribution in [1.29, 1.82) is 0 Å². The van der Waals surface area contributed by atoms with E-state index in [4.69, 9.17) is 9.84 Å². The molecule has 18 atom stereocenters. The zero-order valence-electron chi connectivity index (χ0n) is 44.0. The molecule has 0 saturated heterocycles. The van der Waals surface area contributed by atoms with Gasteiger partial charge in [-0.3, -0.25) is 4.79 Å². The fourth-order valence-corrected chi connectivity index (χ4v) is 11.1. The lowest BCUT2D eigenvalue weighted by Gasteiger charge is -2.49. The molecule has 0 radical (unpaired) electrons. The number of ether oxygens (including phenoxy) is 1. The molecule has 0 aromatic rings. The van der Waals surface area contributed by atoms with Crippen molar-refractivity contribution in [2.75, 3.05) is 72.7 Å². The van der Waals surface area contributed by atoms with Gasteiger partial charge in [0, 0.05) is 0 Å². The van der Waals surface area contributed by atoms with Crippen molar-refractivity contribution in [2.24, 2.45) is 47.3 Å². The van der Waals surface area contributed by atoms with E-state index >= 15 is 0 Å². The average molecular weight is 1080 g/mol. The van der Waals surface area contributed by atoms with Crippen molar-refractivity contribution in [2.45, 2.75) is 202 Å². The Morgan fingerprint density at radius 1 is 0.270 bits per heavy atom. The smallest absolute Gasteiger partial charge is 0.309 e. The summed E-state index contributed by atoms with van der Waals surface area (Å²) in [5, 5.41) is 210. The number of carbonyl (C=O) groups excluding carboxylic acids is 1. The number of hydrogen-bond acceptors (Lipinski definition) is 22. The Hall–Kier alpha value is -1.33. The molecular formula is C52H104O22. The first kappa shape index (κ1) is 72.7. The zero-order chi connectivity index (χ0) is 56.0. The van der Waals surface area contributed by atoms with Crippen LogP contribution in [0.3, 0.4) is 0 Å². The van der Waals surface area contributed by atoms with E-state index in [1.54, 1.807) is 0 Å². The normalized spacial score (nSPS) is 19.7. The Morgan fingerprint density at radius 3 is 0.878 bits per heavy atom. The average Bonchev–Trinajstić information content (AvgIpc) is 3.40. The lowest BCUT2D eigenvalue weighted by Crippen LogP contribution is -2.48. The number of aliphatic hydroxyl groups excluding tert-OH is 20. The van der Waals surface area contributed by atoms with Crippen LogP contribution in [0.4, 0.5) is 0 Å². The second-order valence-electron chi connectivity index (χ2n) is 21.0. The monoisotopic (exact) mass is 1080 g/mol. The first-order valence-corrected chi connectivity index (χ1v) is 27.4. The van der Waals surface area contributed by atoms with E-state index in [1.165, 1.54) is 0 Å². The molecule has 0 aliphatic heterocycles. The van der Waals surface area contributed by atoms with Gasteiger partial charge in [0.15, 0.2) is 0 Å². The standard InChI is InChI=1S/C52H104O22/c53-23-35(63)14-12-10-8-6-4-2-1-3-5-7-9-11-13-34(15-36(64)24-54)45(16-37(65)25-55)46(17-38(66)26-56)47(18-39(67)27-57)48(19-40(68)28-58)49(20-41(69)29-59)50(21-42(70)30-60)51(22-43(71)31-61)52(73)74-33-44(72)32-62/h34-51,53-72H,1-33H2. The van der Waals surface area contributed by atoms with Crippen LogP contribution in [0, 0.1) is 47.3 Å². The molecule has 0 aliphatic carbocycles. The summed E-state index contributed by atoms with van der Waals surface area (Å²) >= 11 is 0. The highest BCUT2D eigenvalue weighted by molar-refractivity contribution is 5.73. The summed E-state index contributed by atoms with van der Waals surface area (Å²) in [6, 6.07) is 0. The van der Waals surface area contributed by atoms with Crippen LogP contribution < -0.4 is 0 Å². The summed E-state index contributed by atoms with van der Waals surface area (Å²) in [6.07, 6.45) is -5.37. The van der Waals surface area contributed by atoms with Gasteiger partial charge < -0.3 is 107 Å². The van der Waals surface area contributed by atoms with Crippen molar-refractivity contribution in [3.05, 3.63) is 0 Å². The first-order valence-electron chi connectivity index (χ1n) is 27.4. The van der Waals surface area contributed by atoms with Gasteiger partial charge in [0.2, 0.25) is 0 Å². The second-order valence-corrected chi connectivity index (χ2v) is 21.0. The molecule has 0 saturated carbocycles. The maximum absolute atomic E-state index is 14.2. The largest absolute Gasteiger partial charge is 0.463 e. The maximum Gasteiger partial charge on any atom is 0.309 e. The Balaban J connectivity index is 7.78. The van der Waals surface area contributed by atoms with Crippen molar-refractivity contribution < 1.29 is 112 Å². The summed E-state index contributed by atoms with van der Waals surface area (Å²) < 4.78 is 5.37. The van der Waals surface area contributed by atoms with Gasteiger partial charge in [-0.2, -0.15) is 0 Å². The summed E-state index contributed by atoms with van der Waals surface area (Å²) in [6.45, 7) is -8.42. The fourth-order valence-electron chi connectivity index (χ4n) is 11.1. The third-order valence-electron chi connectivity index (χ3n) is 14.9. The molecule has 0 aromatic carbocycles. The third kappa shape index (κ3) is 31.3. The van der Waals surface area contributed by atoms with E-state index in [2.05, 4.69) is 0 Å². The van der Waals surface area contributed by atoms with E-state index in [0.29, 0.717) is 19.3 Å². The van der Waals surface area contributed by atoms with Crippen LogP contribution >= 0.6 is 0 Å². The minimum absolute atomic E-state index is 0.0725. The molecule has 0 aromatic heterocycles. The van der Waals surface area contributed by atoms with Crippen molar-refractivity contribution >= 4 is 5.97 Å². The van der Waals surface area contributed by atoms with E-state index < -0.39 is 213 Å². The SMILES string of the molecule is O=C(OCC(O)CO)C(CC(O)CO)C(CC(O)CO)C(CC(O)CO)C(CC(O)CO)C(CC(O)CO)C(CC(O)CO)C(CC(O)CO)C(CCCCCCCCCCCCCCC(O)CO)CC(O)CO. The lowest BCUT2D eigenvalue weighted by atomic mass is 9.57. The molecule has 0 aliphatic rings. The number of unbranched alkanes of at least 4 members (excludes halogenated alkanes) is 11. The zero-order valence-corrected chi connectivity index (χ0v) is 44.0. The fraction of sp³-hybridized carbons (Fsp3) is 0.981. The van der Waals surface area contributed by atoms with Crippen molar-refractivity contribution in [3.63, 3.8) is 0 Å². The second kappa shape index (κ2) is 44.5. The summed E-state index contributed by atoms with van der Waals surface area (Å²) in [5.41, 5.74) is 0. The van der Waals surface area contributed by atoms with Crippen LogP contribution in [0.1, 0.15) is 141 Å². The molecule has 20 N–H and O–H groups in total. The molecule has 0 heterocycles. The number of aliphatic hydroxyl groups is 20.